The van der Waals surface area contributed by atoms with Gasteiger partial charge in [0.1, 0.15) is 17.8 Å². The molecule has 5 nitrogen and oxygen atoms in total. The largest absolute Gasteiger partial charge is 0.435 e. The van der Waals surface area contributed by atoms with E-state index in [2.05, 4.69) is 15.0 Å². The number of hydrogen-bond acceptors (Lipinski definition) is 5. The summed E-state index contributed by atoms with van der Waals surface area (Å²) < 4.78 is 5.37. The van der Waals surface area contributed by atoms with Crippen LogP contribution < -0.4 is 10.5 Å². The number of ether oxygens (including phenoxy) is 1. The minimum absolute atomic E-state index is 0.286. The summed E-state index contributed by atoms with van der Waals surface area (Å²) >= 11 is 5.74. The Kier molecular flexibility index (Phi) is 2.64. The average molecular weight is 223 g/mol. The molecule has 0 radical (unpaired) electrons. The molecular weight excluding hydrogens is 216 g/mol. The first-order chi connectivity index (χ1) is 7.25. The molecule has 2 aromatic rings. The summed E-state index contributed by atoms with van der Waals surface area (Å²) in [5, 5.41) is 0.486. The van der Waals surface area contributed by atoms with E-state index < -0.39 is 0 Å². The van der Waals surface area contributed by atoms with Crippen LogP contribution in [0.1, 0.15) is 0 Å². The van der Waals surface area contributed by atoms with E-state index in [4.69, 9.17) is 22.1 Å². The third kappa shape index (κ3) is 2.32. The molecule has 2 N–H and O–H groups in total. The summed E-state index contributed by atoms with van der Waals surface area (Å²) in [6.07, 6.45) is 5.84. The van der Waals surface area contributed by atoms with Crippen molar-refractivity contribution in [2.45, 2.75) is 0 Å². The second kappa shape index (κ2) is 4.10. The van der Waals surface area contributed by atoms with Crippen LogP contribution in [0.4, 0.5) is 5.69 Å². The van der Waals surface area contributed by atoms with Crippen LogP contribution in [0.2, 0.25) is 5.02 Å². The van der Waals surface area contributed by atoms with Crippen molar-refractivity contribution in [1.29, 1.82) is 0 Å². The van der Waals surface area contributed by atoms with Crippen LogP contribution in [-0.4, -0.2) is 15.0 Å². The van der Waals surface area contributed by atoms with E-state index in [0.29, 0.717) is 16.5 Å². The van der Waals surface area contributed by atoms with E-state index in [1.165, 1.54) is 24.9 Å². The maximum Gasteiger partial charge on any atom is 0.245 e. The van der Waals surface area contributed by atoms with Crippen molar-refractivity contribution < 1.29 is 4.74 Å². The normalized spacial score (nSPS) is 9.93. The molecule has 0 atom stereocenters. The Morgan fingerprint density at radius 1 is 1.20 bits per heavy atom. The fourth-order valence-corrected chi connectivity index (χ4v) is 1.14. The Balaban J connectivity index is 2.26. The van der Waals surface area contributed by atoms with Crippen molar-refractivity contribution >= 4 is 17.3 Å². The van der Waals surface area contributed by atoms with E-state index in [1.807, 2.05) is 0 Å². The second-order valence-electron chi connectivity index (χ2n) is 2.72. The van der Waals surface area contributed by atoms with Crippen LogP contribution in [0.5, 0.6) is 11.6 Å². The van der Waals surface area contributed by atoms with Crippen LogP contribution in [0.15, 0.2) is 31.0 Å². The zero-order chi connectivity index (χ0) is 10.7. The van der Waals surface area contributed by atoms with Crippen molar-refractivity contribution in [3.8, 4) is 11.6 Å². The number of anilines is 1. The predicted molar refractivity (Wildman–Crippen MR) is 55.8 cm³/mol. The summed E-state index contributed by atoms with van der Waals surface area (Å²) in [5.74, 6) is 0.766. The first kappa shape index (κ1) is 9.67. The van der Waals surface area contributed by atoms with Gasteiger partial charge in [0.05, 0.1) is 17.4 Å². The molecule has 0 bridgehead atoms. The fourth-order valence-electron chi connectivity index (χ4n) is 0.974. The second-order valence-corrected chi connectivity index (χ2v) is 3.16. The van der Waals surface area contributed by atoms with Crippen molar-refractivity contribution in [3.05, 3.63) is 36.0 Å². The Bertz CT molecular complexity index is 477. The molecule has 2 heterocycles. The van der Waals surface area contributed by atoms with Crippen molar-refractivity contribution in [2.24, 2.45) is 0 Å². The lowest BCUT2D eigenvalue weighted by atomic mass is 10.4. The average Bonchev–Trinajstić information content (AvgIpc) is 2.22. The standard InChI is InChI=1S/C9H7ClN4O/c10-6-1-7(3-12-2-6)15-9-8(11)4-13-5-14-9/h1-5H,11H2. The highest BCUT2D eigenvalue weighted by Gasteiger charge is 2.03. The maximum absolute atomic E-state index is 5.74. The number of halogens is 1. The monoisotopic (exact) mass is 222 g/mol. The number of nitrogens with two attached hydrogens (primary N) is 1. The molecule has 0 spiro atoms. The molecule has 15 heavy (non-hydrogen) atoms. The topological polar surface area (TPSA) is 73.9 Å². The first-order valence-electron chi connectivity index (χ1n) is 4.09. The molecule has 0 fully saturated rings. The molecule has 6 heteroatoms. The van der Waals surface area contributed by atoms with Gasteiger partial charge in [0.2, 0.25) is 5.88 Å². The Hall–Kier alpha value is -1.88. The fraction of sp³-hybridized carbons (Fsp3) is 0. The highest BCUT2D eigenvalue weighted by molar-refractivity contribution is 6.30. The molecule has 0 aromatic carbocycles. The van der Waals surface area contributed by atoms with E-state index in [1.54, 1.807) is 6.07 Å². The molecule has 0 saturated heterocycles. The number of nitrogens with zero attached hydrogens (tertiary/aromatic N) is 3. The van der Waals surface area contributed by atoms with Gasteiger partial charge in [-0.2, -0.15) is 4.98 Å². The number of nitrogen functional groups attached to an aromatic ring is 1. The number of pyridine rings is 1. The van der Waals surface area contributed by atoms with Crippen molar-refractivity contribution in [2.75, 3.05) is 5.73 Å². The number of rotatable bonds is 2. The molecule has 0 saturated carbocycles. The quantitative estimate of drug-likeness (QED) is 0.840. The predicted octanol–water partition coefficient (Wildman–Crippen LogP) is 1.90. The first-order valence-corrected chi connectivity index (χ1v) is 4.47. The van der Waals surface area contributed by atoms with Crippen LogP contribution in [0.25, 0.3) is 0 Å². The van der Waals surface area contributed by atoms with Crippen molar-refractivity contribution in [3.63, 3.8) is 0 Å². The molecule has 0 aliphatic heterocycles. The zero-order valence-electron chi connectivity index (χ0n) is 7.59. The van der Waals surface area contributed by atoms with Gasteiger partial charge in [0, 0.05) is 12.3 Å². The van der Waals surface area contributed by atoms with Gasteiger partial charge in [-0.3, -0.25) is 4.98 Å². The smallest absolute Gasteiger partial charge is 0.245 e. The van der Waals surface area contributed by atoms with Gasteiger partial charge in [-0.25, -0.2) is 4.98 Å². The molecule has 0 aliphatic rings. The third-order valence-electron chi connectivity index (χ3n) is 1.60. The van der Waals surface area contributed by atoms with E-state index >= 15 is 0 Å². The summed E-state index contributed by atoms with van der Waals surface area (Å²) in [6.45, 7) is 0. The van der Waals surface area contributed by atoms with Gasteiger partial charge >= 0.3 is 0 Å². The maximum atomic E-state index is 5.74. The minimum Gasteiger partial charge on any atom is -0.435 e. The van der Waals surface area contributed by atoms with E-state index in [-0.39, 0.29) is 5.88 Å². The Morgan fingerprint density at radius 3 is 2.80 bits per heavy atom. The Labute approximate surface area is 90.9 Å². The summed E-state index contributed by atoms with van der Waals surface area (Å²) in [7, 11) is 0. The lowest BCUT2D eigenvalue weighted by molar-refractivity contribution is 0.462. The van der Waals surface area contributed by atoms with E-state index in [0.717, 1.165) is 0 Å². The molecule has 2 aromatic heterocycles. The van der Waals surface area contributed by atoms with Crippen LogP contribution >= 0.6 is 11.6 Å². The van der Waals surface area contributed by atoms with Gasteiger partial charge in [0.15, 0.2) is 0 Å². The molecule has 2 rings (SSSR count). The van der Waals surface area contributed by atoms with Gasteiger partial charge in [0.25, 0.3) is 0 Å². The Morgan fingerprint density at radius 2 is 2.07 bits per heavy atom. The van der Waals surface area contributed by atoms with E-state index in [9.17, 15) is 0 Å². The van der Waals surface area contributed by atoms with Crippen LogP contribution in [0, 0.1) is 0 Å². The van der Waals surface area contributed by atoms with Gasteiger partial charge < -0.3 is 10.5 Å². The highest BCUT2D eigenvalue weighted by Crippen LogP contribution is 2.24. The SMILES string of the molecule is Nc1cncnc1Oc1cncc(Cl)c1. The number of hydrogen-bond donors (Lipinski definition) is 1. The minimum atomic E-state index is 0.286. The van der Waals surface area contributed by atoms with Gasteiger partial charge in [-0.15, -0.1) is 0 Å². The molecule has 0 amide bonds. The highest BCUT2D eigenvalue weighted by atomic mass is 35.5. The van der Waals surface area contributed by atoms with Crippen LogP contribution in [0.3, 0.4) is 0 Å². The molecule has 76 valence electrons. The lowest BCUT2D eigenvalue weighted by Gasteiger charge is -2.05. The van der Waals surface area contributed by atoms with Gasteiger partial charge in [-0.1, -0.05) is 11.6 Å². The molecular formula is C9H7ClN4O. The van der Waals surface area contributed by atoms with Gasteiger partial charge in [-0.05, 0) is 0 Å². The van der Waals surface area contributed by atoms with Crippen molar-refractivity contribution in [1.82, 2.24) is 15.0 Å². The lowest BCUT2D eigenvalue weighted by Crippen LogP contribution is -1.95. The molecule has 0 unspecified atom stereocenters. The molecule has 0 aliphatic carbocycles. The summed E-state index contributed by atoms with van der Waals surface area (Å²) in [5.41, 5.74) is 5.96. The third-order valence-corrected chi connectivity index (χ3v) is 1.80. The number of aromatic nitrogens is 3. The zero-order valence-corrected chi connectivity index (χ0v) is 8.35. The summed E-state index contributed by atoms with van der Waals surface area (Å²) in [4.78, 5) is 11.5. The van der Waals surface area contributed by atoms with Crippen LogP contribution in [-0.2, 0) is 0 Å². The summed E-state index contributed by atoms with van der Waals surface area (Å²) in [6, 6.07) is 1.62.